The largest absolute Gasteiger partial charge is 0.493 e. The molecular formula is C25H38O3. The second-order valence-corrected chi connectivity index (χ2v) is 8.73. The van der Waals surface area contributed by atoms with Gasteiger partial charge in [0, 0.05) is 17.9 Å². The third kappa shape index (κ3) is 6.25. The van der Waals surface area contributed by atoms with Gasteiger partial charge in [0.2, 0.25) is 0 Å². The van der Waals surface area contributed by atoms with Crippen molar-refractivity contribution in [2.75, 3.05) is 6.61 Å². The number of carbonyl (C=O) groups is 1. The van der Waals surface area contributed by atoms with E-state index in [-0.39, 0.29) is 18.0 Å². The van der Waals surface area contributed by atoms with Crippen LogP contribution in [0.5, 0.6) is 5.75 Å². The van der Waals surface area contributed by atoms with Crippen LogP contribution in [0.4, 0.5) is 0 Å². The van der Waals surface area contributed by atoms with Crippen LogP contribution in [0.2, 0.25) is 0 Å². The molecule has 0 spiro atoms. The number of hydrogen-bond acceptors (Lipinski definition) is 3. The van der Waals surface area contributed by atoms with Crippen molar-refractivity contribution >= 4 is 5.97 Å². The van der Waals surface area contributed by atoms with Crippen molar-refractivity contribution in [3.8, 4) is 5.75 Å². The lowest BCUT2D eigenvalue weighted by atomic mass is 9.81. The molecule has 0 heterocycles. The summed E-state index contributed by atoms with van der Waals surface area (Å²) in [5.41, 5.74) is 1.24. The monoisotopic (exact) mass is 386 g/mol. The molecular weight excluding hydrogens is 348 g/mol. The normalized spacial score (nSPS) is 23.3. The summed E-state index contributed by atoms with van der Waals surface area (Å²) < 4.78 is 12.3. The summed E-state index contributed by atoms with van der Waals surface area (Å²) >= 11 is 0. The zero-order valence-electron chi connectivity index (χ0n) is 17.7. The number of esters is 1. The van der Waals surface area contributed by atoms with Crippen LogP contribution >= 0.6 is 0 Å². The third-order valence-corrected chi connectivity index (χ3v) is 6.49. The van der Waals surface area contributed by atoms with Crippen molar-refractivity contribution in [2.45, 2.75) is 102 Å². The van der Waals surface area contributed by atoms with Gasteiger partial charge in [-0.25, -0.2) is 0 Å². The Balaban J connectivity index is 1.63. The quantitative estimate of drug-likeness (QED) is 0.346. The predicted molar refractivity (Wildman–Crippen MR) is 114 cm³/mol. The summed E-state index contributed by atoms with van der Waals surface area (Å²) in [4.78, 5) is 12.3. The second-order valence-electron chi connectivity index (χ2n) is 8.73. The van der Waals surface area contributed by atoms with E-state index >= 15 is 0 Å². The summed E-state index contributed by atoms with van der Waals surface area (Å²) in [6, 6.07) is 8.45. The number of carbonyl (C=O) groups excluding carboxylic acids is 1. The van der Waals surface area contributed by atoms with Crippen molar-refractivity contribution in [3.63, 3.8) is 0 Å². The van der Waals surface area contributed by atoms with Gasteiger partial charge in [-0.05, 0) is 50.5 Å². The topological polar surface area (TPSA) is 35.5 Å². The van der Waals surface area contributed by atoms with E-state index in [2.05, 4.69) is 31.2 Å². The third-order valence-electron chi connectivity index (χ3n) is 6.49. The van der Waals surface area contributed by atoms with Gasteiger partial charge in [-0.1, -0.05) is 63.6 Å². The van der Waals surface area contributed by atoms with Crippen molar-refractivity contribution in [1.29, 1.82) is 0 Å². The van der Waals surface area contributed by atoms with Gasteiger partial charge in [0.25, 0.3) is 0 Å². The molecule has 3 nitrogen and oxygen atoms in total. The fourth-order valence-corrected chi connectivity index (χ4v) is 4.82. The average molecular weight is 387 g/mol. The molecule has 0 aliphatic heterocycles. The first-order chi connectivity index (χ1) is 13.8. The van der Waals surface area contributed by atoms with E-state index in [0.717, 1.165) is 50.9 Å². The molecule has 0 radical (unpaired) electrons. The summed E-state index contributed by atoms with van der Waals surface area (Å²) in [7, 11) is 0. The molecule has 0 aromatic heterocycles. The van der Waals surface area contributed by atoms with Crippen LogP contribution in [0.25, 0.3) is 0 Å². The van der Waals surface area contributed by atoms with E-state index in [1.165, 1.54) is 44.1 Å². The Morgan fingerprint density at radius 2 is 1.71 bits per heavy atom. The lowest BCUT2D eigenvalue weighted by Gasteiger charge is -2.33. The summed E-state index contributed by atoms with van der Waals surface area (Å²) in [5.74, 6) is 1.95. The van der Waals surface area contributed by atoms with Gasteiger partial charge in [-0.2, -0.15) is 0 Å². The van der Waals surface area contributed by atoms with E-state index in [1.54, 1.807) is 0 Å². The summed E-state index contributed by atoms with van der Waals surface area (Å²) in [6.07, 6.45) is 14.8. The lowest BCUT2D eigenvalue weighted by Crippen LogP contribution is -2.29. The molecule has 2 unspecified atom stereocenters. The first-order valence-electron chi connectivity index (χ1n) is 11.7. The molecule has 2 fully saturated rings. The number of unbranched alkanes of at least 4 members (excludes halogenated alkanes) is 2. The zero-order valence-corrected chi connectivity index (χ0v) is 17.7. The highest BCUT2D eigenvalue weighted by Crippen LogP contribution is 2.39. The Morgan fingerprint density at radius 1 is 0.964 bits per heavy atom. The molecule has 0 bridgehead atoms. The van der Waals surface area contributed by atoms with Crippen molar-refractivity contribution in [1.82, 2.24) is 0 Å². The number of rotatable bonds is 9. The van der Waals surface area contributed by atoms with Crippen LogP contribution in [-0.2, 0) is 9.53 Å². The molecule has 2 saturated carbocycles. The first kappa shape index (κ1) is 21.2. The van der Waals surface area contributed by atoms with E-state index in [9.17, 15) is 4.79 Å². The van der Waals surface area contributed by atoms with Gasteiger partial charge in [-0.15, -0.1) is 0 Å². The molecule has 1 aromatic rings. The van der Waals surface area contributed by atoms with Crippen LogP contribution < -0.4 is 4.74 Å². The SMILES string of the molecule is CCCCCC(=O)OC1CCCCC1c1ccccc1OCC1CCCCC1. The molecule has 2 aliphatic rings. The molecule has 28 heavy (non-hydrogen) atoms. The summed E-state index contributed by atoms with van der Waals surface area (Å²) in [6.45, 7) is 2.98. The van der Waals surface area contributed by atoms with Crippen LogP contribution in [-0.4, -0.2) is 18.7 Å². The first-order valence-corrected chi connectivity index (χ1v) is 11.7. The number of hydrogen-bond donors (Lipinski definition) is 0. The molecule has 0 N–H and O–H groups in total. The second kappa shape index (κ2) is 11.5. The Kier molecular flexibility index (Phi) is 8.70. The van der Waals surface area contributed by atoms with Crippen molar-refractivity contribution in [3.05, 3.63) is 29.8 Å². The fraction of sp³-hybridized carbons (Fsp3) is 0.720. The standard InChI is InChI=1S/C25H38O3/c1-2-3-5-18-25(26)28-24-17-11-9-15-22(24)21-14-8-10-16-23(21)27-19-20-12-6-4-7-13-20/h8,10,14,16,20,22,24H,2-7,9,11-13,15,17-19H2,1H3. The van der Waals surface area contributed by atoms with Crippen LogP contribution in [0.15, 0.2) is 24.3 Å². The van der Waals surface area contributed by atoms with Crippen molar-refractivity contribution in [2.24, 2.45) is 5.92 Å². The van der Waals surface area contributed by atoms with E-state index in [1.807, 2.05) is 0 Å². The average Bonchev–Trinajstić information content (AvgIpc) is 2.74. The maximum absolute atomic E-state index is 12.3. The van der Waals surface area contributed by atoms with Gasteiger partial charge in [0.15, 0.2) is 0 Å². The van der Waals surface area contributed by atoms with Gasteiger partial charge < -0.3 is 9.47 Å². The molecule has 156 valence electrons. The van der Waals surface area contributed by atoms with Crippen LogP contribution in [0.1, 0.15) is 102 Å². The Hall–Kier alpha value is -1.51. The highest BCUT2D eigenvalue weighted by atomic mass is 16.5. The zero-order chi connectivity index (χ0) is 19.6. The number of ether oxygens (including phenoxy) is 2. The van der Waals surface area contributed by atoms with Crippen molar-refractivity contribution < 1.29 is 14.3 Å². The maximum atomic E-state index is 12.3. The molecule has 0 amide bonds. The Morgan fingerprint density at radius 3 is 2.54 bits per heavy atom. The van der Waals surface area contributed by atoms with Crippen LogP contribution in [0.3, 0.4) is 0 Å². The summed E-state index contributed by atoms with van der Waals surface area (Å²) in [5, 5.41) is 0. The van der Waals surface area contributed by atoms with Crippen LogP contribution in [0, 0.1) is 5.92 Å². The fourth-order valence-electron chi connectivity index (χ4n) is 4.82. The van der Waals surface area contributed by atoms with E-state index < -0.39 is 0 Å². The molecule has 1 aromatic carbocycles. The minimum absolute atomic E-state index is 0.00214. The predicted octanol–water partition coefficient (Wildman–Crippen LogP) is 6.80. The van der Waals surface area contributed by atoms with Gasteiger partial charge >= 0.3 is 5.97 Å². The van der Waals surface area contributed by atoms with E-state index in [4.69, 9.17) is 9.47 Å². The highest BCUT2D eigenvalue weighted by Gasteiger charge is 2.31. The highest BCUT2D eigenvalue weighted by molar-refractivity contribution is 5.69. The maximum Gasteiger partial charge on any atom is 0.306 e. The molecule has 3 heteroatoms. The van der Waals surface area contributed by atoms with Gasteiger partial charge in [-0.3, -0.25) is 4.79 Å². The molecule has 2 aliphatic carbocycles. The minimum atomic E-state index is -0.0223. The number of benzene rings is 1. The Bertz CT molecular complexity index is 591. The lowest BCUT2D eigenvalue weighted by molar-refractivity contribution is -0.151. The minimum Gasteiger partial charge on any atom is -0.493 e. The van der Waals surface area contributed by atoms with Gasteiger partial charge in [0.05, 0.1) is 6.61 Å². The smallest absolute Gasteiger partial charge is 0.306 e. The number of para-hydroxylation sites is 1. The molecule has 3 rings (SSSR count). The molecule has 2 atom stereocenters. The molecule has 0 saturated heterocycles. The van der Waals surface area contributed by atoms with E-state index in [0.29, 0.717) is 12.3 Å². The Labute approximate surface area is 171 Å². The van der Waals surface area contributed by atoms with Gasteiger partial charge in [0.1, 0.15) is 11.9 Å².